The van der Waals surface area contributed by atoms with Gasteiger partial charge in [-0.15, -0.1) is 0 Å². The number of hydrogen-bond donors (Lipinski definition) is 0. The molecule has 1 aliphatic rings. The number of rotatable bonds is 3. The Hall–Kier alpha value is -3.19. The highest BCUT2D eigenvalue weighted by atomic mass is 16.5. The van der Waals surface area contributed by atoms with Crippen LogP contribution in [-0.4, -0.2) is 39.3 Å². The number of hydrogen-bond acceptors (Lipinski definition) is 6. The molecule has 1 fully saturated rings. The summed E-state index contributed by atoms with van der Waals surface area (Å²) in [7, 11) is 0. The zero-order valence-electron chi connectivity index (χ0n) is 14.0. The molecule has 7 nitrogen and oxygen atoms in total. The van der Waals surface area contributed by atoms with Crippen molar-refractivity contribution in [2.45, 2.75) is 6.10 Å². The Bertz CT molecular complexity index is 1010. The molecule has 5 rings (SSSR count). The second-order valence-corrected chi connectivity index (χ2v) is 6.16. The average Bonchev–Trinajstić information content (AvgIpc) is 3.40. The molecule has 4 heterocycles. The van der Waals surface area contributed by atoms with Crippen molar-refractivity contribution in [1.82, 2.24) is 19.6 Å². The number of aromatic nitrogens is 4. The minimum absolute atomic E-state index is 0.106. The molecule has 1 aromatic carbocycles. The normalized spacial score (nSPS) is 17.7. The van der Waals surface area contributed by atoms with Crippen molar-refractivity contribution < 1.29 is 9.15 Å². The van der Waals surface area contributed by atoms with Gasteiger partial charge in [-0.2, -0.15) is 14.6 Å². The first-order valence-electron chi connectivity index (χ1n) is 8.54. The highest BCUT2D eigenvalue weighted by molar-refractivity contribution is 5.65. The van der Waals surface area contributed by atoms with Crippen LogP contribution in [0, 0.1) is 0 Å². The molecule has 26 heavy (non-hydrogen) atoms. The highest BCUT2D eigenvalue weighted by Crippen LogP contribution is 2.29. The Kier molecular flexibility index (Phi) is 3.64. The molecule has 1 atom stereocenters. The van der Waals surface area contributed by atoms with E-state index in [4.69, 9.17) is 9.15 Å². The number of fused-ring (bicyclic) bond motifs is 1. The van der Waals surface area contributed by atoms with Gasteiger partial charge in [0.2, 0.25) is 0 Å². The molecule has 130 valence electrons. The van der Waals surface area contributed by atoms with Gasteiger partial charge in [0.05, 0.1) is 25.1 Å². The first-order valence-corrected chi connectivity index (χ1v) is 8.54. The van der Waals surface area contributed by atoms with Gasteiger partial charge in [0.15, 0.2) is 0 Å². The van der Waals surface area contributed by atoms with Crippen molar-refractivity contribution in [2.75, 3.05) is 24.6 Å². The summed E-state index contributed by atoms with van der Waals surface area (Å²) in [6.45, 7) is 2.07. The van der Waals surface area contributed by atoms with Crippen LogP contribution in [0.1, 0.15) is 11.9 Å². The maximum Gasteiger partial charge on any atom is 0.254 e. The number of morpholine rings is 1. The first-order chi connectivity index (χ1) is 12.9. The van der Waals surface area contributed by atoms with E-state index < -0.39 is 0 Å². The van der Waals surface area contributed by atoms with Crippen LogP contribution in [0.2, 0.25) is 0 Å². The summed E-state index contributed by atoms with van der Waals surface area (Å²) < 4.78 is 13.2. The Morgan fingerprint density at radius 2 is 2.00 bits per heavy atom. The standard InChI is InChI=1S/C19H17N5O2/c1-2-5-14(6-3-1)15-11-18(24-19(22-15)20-13-21-24)23-8-10-26-17(12-23)16-7-4-9-25-16/h1-7,9,11,13,17H,8,10,12H2. The van der Waals surface area contributed by atoms with E-state index in [0.717, 1.165) is 29.4 Å². The Morgan fingerprint density at radius 1 is 1.08 bits per heavy atom. The molecule has 4 aromatic rings. The molecule has 0 spiro atoms. The summed E-state index contributed by atoms with van der Waals surface area (Å²) in [4.78, 5) is 11.2. The van der Waals surface area contributed by atoms with Crippen molar-refractivity contribution in [2.24, 2.45) is 0 Å². The fourth-order valence-electron chi connectivity index (χ4n) is 3.28. The van der Waals surface area contributed by atoms with Crippen molar-refractivity contribution in [3.63, 3.8) is 0 Å². The van der Waals surface area contributed by atoms with E-state index in [1.807, 2.05) is 42.5 Å². The van der Waals surface area contributed by atoms with Crippen LogP contribution >= 0.6 is 0 Å². The predicted octanol–water partition coefficient (Wildman–Crippen LogP) is 2.96. The predicted molar refractivity (Wildman–Crippen MR) is 95.8 cm³/mol. The van der Waals surface area contributed by atoms with E-state index in [9.17, 15) is 0 Å². The van der Waals surface area contributed by atoms with Gasteiger partial charge < -0.3 is 14.1 Å². The minimum Gasteiger partial charge on any atom is -0.467 e. The lowest BCUT2D eigenvalue weighted by Gasteiger charge is -2.33. The fourth-order valence-corrected chi connectivity index (χ4v) is 3.28. The van der Waals surface area contributed by atoms with Crippen LogP contribution in [-0.2, 0) is 4.74 Å². The largest absolute Gasteiger partial charge is 0.467 e. The molecule has 0 aliphatic carbocycles. The number of ether oxygens (including phenoxy) is 1. The quantitative estimate of drug-likeness (QED) is 0.567. The van der Waals surface area contributed by atoms with E-state index in [0.29, 0.717) is 18.9 Å². The number of furan rings is 1. The van der Waals surface area contributed by atoms with Crippen molar-refractivity contribution in [3.05, 3.63) is 66.9 Å². The second-order valence-electron chi connectivity index (χ2n) is 6.16. The number of anilines is 1. The maximum absolute atomic E-state index is 5.89. The Labute approximate surface area is 149 Å². The molecular weight excluding hydrogens is 330 g/mol. The van der Waals surface area contributed by atoms with Gasteiger partial charge in [0, 0.05) is 18.2 Å². The van der Waals surface area contributed by atoms with Crippen molar-refractivity contribution >= 4 is 11.6 Å². The molecule has 0 bridgehead atoms. The smallest absolute Gasteiger partial charge is 0.254 e. The van der Waals surface area contributed by atoms with E-state index in [1.54, 1.807) is 10.8 Å². The zero-order chi connectivity index (χ0) is 17.3. The van der Waals surface area contributed by atoms with Crippen LogP contribution in [0.5, 0.6) is 0 Å². The van der Waals surface area contributed by atoms with Crippen molar-refractivity contribution in [3.8, 4) is 11.3 Å². The zero-order valence-corrected chi connectivity index (χ0v) is 14.0. The van der Waals surface area contributed by atoms with Gasteiger partial charge in [-0.05, 0) is 12.1 Å². The molecular formula is C19H17N5O2. The second kappa shape index (κ2) is 6.27. The van der Waals surface area contributed by atoms with Gasteiger partial charge in [0.1, 0.15) is 24.0 Å². The van der Waals surface area contributed by atoms with Crippen LogP contribution in [0.25, 0.3) is 17.0 Å². The third kappa shape index (κ3) is 2.62. The van der Waals surface area contributed by atoms with Crippen LogP contribution in [0.15, 0.2) is 65.5 Å². The lowest BCUT2D eigenvalue weighted by atomic mass is 10.1. The van der Waals surface area contributed by atoms with Gasteiger partial charge in [-0.1, -0.05) is 30.3 Å². The highest BCUT2D eigenvalue weighted by Gasteiger charge is 2.26. The molecule has 0 N–H and O–H groups in total. The van der Waals surface area contributed by atoms with Gasteiger partial charge in [-0.3, -0.25) is 0 Å². The SMILES string of the molecule is c1ccc(-c2cc(N3CCOC(c4ccco4)C3)n3ncnc3n2)cc1. The van der Waals surface area contributed by atoms with Crippen LogP contribution in [0.3, 0.4) is 0 Å². The third-order valence-corrected chi connectivity index (χ3v) is 4.55. The van der Waals surface area contributed by atoms with Gasteiger partial charge in [-0.25, -0.2) is 4.98 Å². The van der Waals surface area contributed by atoms with Crippen LogP contribution < -0.4 is 4.90 Å². The average molecular weight is 347 g/mol. The fraction of sp³-hybridized carbons (Fsp3) is 0.211. The summed E-state index contributed by atoms with van der Waals surface area (Å²) in [6.07, 6.45) is 3.10. The van der Waals surface area contributed by atoms with Gasteiger partial charge in [0.25, 0.3) is 5.78 Å². The van der Waals surface area contributed by atoms with Crippen LogP contribution in [0.4, 0.5) is 5.82 Å². The first kappa shape index (κ1) is 15.1. The summed E-state index contributed by atoms with van der Waals surface area (Å²) in [6, 6.07) is 16.0. The monoisotopic (exact) mass is 347 g/mol. The molecule has 1 aliphatic heterocycles. The molecule has 0 amide bonds. The lowest BCUT2D eigenvalue weighted by Crippen LogP contribution is -2.39. The molecule has 1 unspecified atom stereocenters. The molecule has 1 saturated heterocycles. The summed E-state index contributed by atoms with van der Waals surface area (Å²) in [5.41, 5.74) is 1.93. The molecule has 0 radical (unpaired) electrons. The topological polar surface area (TPSA) is 68.7 Å². The van der Waals surface area contributed by atoms with E-state index in [2.05, 4.69) is 26.0 Å². The van der Waals surface area contributed by atoms with E-state index >= 15 is 0 Å². The summed E-state index contributed by atoms with van der Waals surface area (Å²) >= 11 is 0. The third-order valence-electron chi connectivity index (χ3n) is 4.55. The Morgan fingerprint density at radius 3 is 2.85 bits per heavy atom. The molecule has 7 heteroatoms. The summed E-state index contributed by atoms with van der Waals surface area (Å²) in [5, 5.41) is 4.35. The molecule has 3 aromatic heterocycles. The summed E-state index contributed by atoms with van der Waals surface area (Å²) in [5.74, 6) is 2.37. The van der Waals surface area contributed by atoms with E-state index in [-0.39, 0.29) is 6.10 Å². The van der Waals surface area contributed by atoms with E-state index in [1.165, 1.54) is 6.33 Å². The number of benzene rings is 1. The lowest BCUT2D eigenvalue weighted by molar-refractivity contribution is 0.0254. The molecule has 0 saturated carbocycles. The van der Waals surface area contributed by atoms with Gasteiger partial charge >= 0.3 is 0 Å². The number of nitrogens with zero attached hydrogens (tertiary/aromatic N) is 5. The Balaban J connectivity index is 1.56. The van der Waals surface area contributed by atoms with Crippen molar-refractivity contribution in [1.29, 1.82) is 0 Å². The maximum atomic E-state index is 5.89. The minimum atomic E-state index is -0.106.